The number of hydrogen-bond donors (Lipinski definition) is 1. The number of aromatic amines is 1. The molecule has 0 fully saturated rings. The number of rotatable bonds is 2. The van der Waals surface area contributed by atoms with Gasteiger partial charge in [-0.2, -0.15) is 4.98 Å². The molecule has 0 spiro atoms. The lowest BCUT2D eigenvalue weighted by molar-refractivity contribution is 0.399. The topological polar surface area (TPSA) is 50.8 Å². The summed E-state index contributed by atoms with van der Waals surface area (Å²) in [6.45, 7) is 2.08. The molecular weight excluding hydrogens is 234 g/mol. The molecule has 0 atom stereocenters. The third-order valence-corrected chi connectivity index (χ3v) is 3.63. The zero-order valence-corrected chi connectivity index (χ0v) is 10.3. The van der Waals surface area contributed by atoms with Crippen molar-refractivity contribution in [1.82, 2.24) is 15.0 Å². The van der Waals surface area contributed by atoms with Crippen molar-refractivity contribution < 1.29 is 4.74 Å². The van der Waals surface area contributed by atoms with Crippen LogP contribution in [0.3, 0.4) is 0 Å². The van der Waals surface area contributed by atoms with E-state index in [0.717, 1.165) is 16.2 Å². The second-order valence-corrected chi connectivity index (χ2v) is 4.66. The fraction of sp³-hybridized carbons (Fsp3) is 0.167. The van der Waals surface area contributed by atoms with Gasteiger partial charge in [0.15, 0.2) is 11.5 Å². The maximum absolute atomic E-state index is 5.08. The Labute approximate surface area is 102 Å². The van der Waals surface area contributed by atoms with Gasteiger partial charge in [-0.15, -0.1) is 11.3 Å². The highest BCUT2D eigenvalue weighted by molar-refractivity contribution is 7.13. The number of pyridine rings is 1. The third kappa shape index (κ3) is 1.68. The van der Waals surface area contributed by atoms with Gasteiger partial charge in [0.05, 0.1) is 17.5 Å². The van der Waals surface area contributed by atoms with Gasteiger partial charge in [0, 0.05) is 6.07 Å². The fourth-order valence-electron chi connectivity index (χ4n) is 1.71. The van der Waals surface area contributed by atoms with E-state index in [1.54, 1.807) is 18.4 Å². The van der Waals surface area contributed by atoms with Crippen molar-refractivity contribution in [3.05, 3.63) is 29.1 Å². The van der Waals surface area contributed by atoms with Crippen LogP contribution in [-0.4, -0.2) is 22.1 Å². The molecule has 4 nitrogen and oxygen atoms in total. The molecule has 0 aromatic carbocycles. The van der Waals surface area contributed by atoms with Crippen molar-refractivity contribution in [2.75, 3.05) is 7.11 Å². The zero-order chi connectivity index (χ0) is 11.8. The van der Waals surface area contributed by atoms with Crippen LogP contribution in [0.4, 0.5) is 0 Å². The van der Waals surface area contributed by atoms with Crippen molar-refractivity contribution >= 4 is 22.5 Å². The molecule has 0 aliphatic carbocycles. The molecule has 0 saturated carbocycles. The Hall–Kier alpha value is -1.88. The van der Waals surface area contributed by atoms with Gasteiger partial charge >= 0.3 is 0 Å². The number of ether oxygens (including phenoxy) is 1. The molecular formula is C12H11N3OS. The van der Waals surface area contributed by atoms with Crippen LogP contribution in [0.1, 0.15) is 5.56 Å². The van der Waals surface area contributed by atoms with E-state index in [1.165, 1.54) is 5.56 Å². The summed E-state index contributed by atoms with van der Waals surface area (Å²) in [7, 11) is 1.60. The molecule has 0 saturated heterocycles. The highest BCUT2D eigenvalue weighted by Crippen LogP contribution is 2.28. The number of fused-ring (bicyclic) bond motifs is 1. The van der Waals surface area contributed by atoms with Crippen LogP contribution in [0, 0.1) is 6.92 Å². The highest BCUT2D eigenvalue weighted by Gasteiger charge is 2.10. The van der Waals surface area contributed by atoms with E-state index in [2.05, 4.69) is 33.3 Å². The molecule has 0 unspecified atom stereocenters. The normalized spacial score (nSPS) is 10.9. The van der Waals surface area contributed by atoms with Crippen LogP contribution in [0.5, 0.6) is 5.88 Å². The van der Waals surface area contributed by atoms with Crippen molar-refractivity contribution in [3.8, 4) is 16.6 Å². The molecule has 3 aromatic rings. The third-order valence-electron chi connectivity index (χ3n) is 2.61. The summed E-state index contributed by atoms with van der Waals surface area (Å²) in [5.74, 6) is 1.45. The number of aromatic nitrogens is 3. The van der Waals surface area contributed by atoms with E-state index >= 15 is 0 Å². The van der Waals surface area contributed by atoms with Crippen LogP contribution < -0.4 is 4.74 Å². The molecule has 86 valence electrons. The van der Waals surface area contributed by atoms with E-state index in [4.69, 9.17) is 4.74 Å². The number of nitrogens with one attached hydrogen (secondary N) is 1. The minimum atomic E-state index is 0.582. The Morgan fingerprint density at radius 1 is 1.24 bits per heavy atom. The second kappa shape index (κ2) is 3.85. The first-order valence-electron chi connectivity index (χ1n) is 5.23. The maximum Gasteiger partial charge on any atom is 0.215 e. The summed E-state index contributed by atoms with van der Waals surface area (Å²) in [6, 6.07) is 5.84. The van der Waals surface area contributed by atoms with Crippen LogP contribution in [0.15, 0.2) is 23.6 Å². The summed E-state index contributed by atoms with van der Waals surface area (Å²) in [4.78, 5) is 13.2. The van der Waals surface area contributed by atoms with Crippen molar-refractivity contribution in [2.45, 2.75) is 6.92 Å². The Kier molecular flexibility index (Phi) is 2.33. The van der Waals surface area contributed by atoms with Crippen LogP contribution in [-0.2, 0) is 0 Å². The van der Waals surface area contributed by atoms with Crippen LogP contribution >= 0.6 is 11.3 Å². The average Bonchev–Trinajstić information content (AvgIpc) is 2.93. The minimum absolute atomic E-state index is 0.582. The lowest BCUT2D eigenvalue weighted by atomic mass is 10.3. The summed E-state index contributed by atoms with van der Waals surface area (Å²) in [6.07, 6.45) is 0. The average molecular weight is 245 g/mol. The second-order valence-electron chi connectivity index (χ2n) is 3.74. The Bertz CT molecular complexity index is 671. The van der Waals surface area contributed by atoms with Crippen molar-refractivity contribution in [2.24, 2.45) is 0 Å². The van der Waals surface area contributed by atoms with Gasteiger partial charge in [0.25, 0.3) is 0 Å². The Balaban J connectivity index is 2.17. The number of hydrogen-bond acceptors (Lipinski definition) is 4. The first-order valence-corrected chi connectivity index (χ1v) is 6.11. The summed E-state index contributed by atoms with van der Waals surface area (Å²) < 4.78 is 5.08. The van der Waals surface area contributed by atoms with Crippen molar-refractivity contribution in [1.29, 1.82) is 0 Å². The van der Waals surface area contributed by atoms with Crippen LogP contribution in [0.25, 0.3) is 21.9 Å². The molecule has 3 heterocycles. The molecule has 1 N–H and O–H groups in total. The zero-order valence-electron chi connectivity index (χ0n) is 9.52. The molecule has 0 aliphatic rings. The summed E-state index contributed by atoms with van der Waals surface area (Å²) in [5.41, 5.74) is 2.83. The van der Waals surface area contributed by atoms with Gasteiger partial charge < -0.3 is 9.72 Å². The standard InChI is InChI=1S/C12H11N3OS/c1-7-5-6-17-10(7)12-13-8-3-4-9(16-2)14-11(8)15-12/h3-6H,1-2H3,(H,13,14,15). The summed E-state index contributed by atoms with van der Waals surface area (Å²) in [5, 5.41) is 2.06. The van der Waals surface area contributed by atoms with Gasteiger partial charge in [-0.3, -0.25) is 0 Å². The van der Waals surface area contributed by atoms with E-state index in [9.17, 15) is 0 Å². The first-order chi connectivity index (χ1) is 8.28. The van der Waals surface area contributed by atoms with E-state index in [-0.39, 0.29) is 0 Å². The Morgan fingerprint density at radius 3 is 2.82 bits per heavy atom. The highest BCUT2D eigenvalue weighted by atomic mass is 32.1. The van der Waals surface area contributed by atoms with Gasteiger partial charge in [-0.25, -0.2) is 4.98 Å². The van der Waals surface area contributed by atoms with E-state index in [0.29, 0.717) is 11.5 Å². The van der Waals surface area contributed by atoms with Crippen LogP contribution in [0.2, 0.25) is 0 Å². The fourth-order valence-corrected chi connectivity index (χ4v) is 2.58. The number of nitrogens with zero attached hydrogens (tertiary/aromatic N) is 2. The van der Waals surface area contributed by atoms with E-state index in [1.807, 2.05) is 12.1 Å². The Morgan fingerprint density at radius 2 is 2.12 bits per heavy atom. The van der Waals surface area contributed by atoms with E-state index < -0.39 is 0 Å². The number of imidazole rings is 1. The SMILES string of the molecule is COc1ccc2[nH]c(-c3sccc3C)nc2n1. The van der Waals surface area contributed by atoms with Gasteiger partial charge in [-0.05, 0) is 30.0 Å². The minimum Gasteiger partial charge on any atom is -0.481 e. The molecule has 0 amide bonds. The quantitative estimate of drug-likeness (QED) is 0.755. The summed E-state index contributed by atoms with van der Waals surface area (Å²) >= 11 is 1.68. The molecule has 0 radical (unpaired) electrons. The molecule has 5 heteroatoms. The van der Waals surface area contributed by atoms with Crippen molar-refractivity contribution in [3.63, 3.8) is 0 Å². The molecule has 17 heavy (non-hydrogen) atoms. The predicted molar refractivity (Wildman–Crippen MR) is 68.5 cm³/mol. The molecule has 0 bridgehead atoms. The largest absolute Gasteiger partial charge is 0.481 e. The maximum atomic E-state index is 5.08. The number of aryl methyl sites for hydroxylation is 1. The van der Waals surface area contributed by atoms with Gasteiger partial charge in [0.2, 0.25) is 5.88 Å². The number of thiophene rings is 1. The number of methoxy groups -OCH3 is 1. The predicted octanol–water partition coefficient (Wildman–Crippen LogP) is 3.00. The lowest BCUT2D eigenvalue weighted by Crippen LogP contribution is -1.86. The molecule has 3 aromatic heterocycles. The lowest BCUT2D eigenvalue weighted by Gasteiger charge is -1.95. The number of H-pyrrole nitrogens is 1. The van der Waals surface area contributed by atoms with Gasteiger partial charge in [0.1, 0.15) is 0 Å². The first kappa shape index (κ1) is 10.3. The molecule has 0 aliphatic heterocycles. The molecule has 3 rings (SSSR count). The van der Waals surface area contributed by atoms with Gasteiger partial charge in [-0.1, -0.05) is 0 Å². The monoisotopic (exact) mass is 245 g/mol. The smallest absolute Gasteiger partial charge is 0.215 e.